The van der Waals surface area contributed by atoms with E-state index in [0.717, 1.165) is 11.1 Å². The predicted octanol–water partition coefficient (Wildman–Crippen LogP) is 2.07. The van der Waals surface area contributed by atoms with Crippen LogP contribution in [0.1, 0.15) is 11.1 Å². The zero-order chi connectivity index (χ0) is 19.8. The number of benzene rings is 2. The minimum absolute atomic E-state index is 0.104. The molecule has 0 atom stereocenters. The maximum absolute atomic E-state index is 13.4. The molecule has 8 heteroatoms. The van der Waals surface area contributed by atoms with E-state index in [9.17, 15) is 14.0 Å². The Morgan fingerprint density at radius 2 is 1.86 bits per heavy atom. The zero-order valence-electron chi connectivity index (χ0n) is 15.6. The van der Waals surface area contributed by atoms with Crippen LogP contribution >= 0.6 is 0 Å². The summed E-state index contributed by atoms with van der Waals surface area (Å²) < 4.78 is 25.4. The van der Waals surface area contributed by atoms with Crippen molar-refractivity contribution in [2.75, 3.05) is 20.8 Å². The molecule has 146 valence electrons. The van der Waals surface area contributed by atoms with Crippen LogP contribution in [-0.4, -0.2) is 41.1 Å². The fraction of sp³-hybridized carbons (Fsp3) is 0.300. The molecular weight excluding hydrogens is 365 g/mol. The van der Waals surface area contributed by atoms with Gasteiger partial charge in [0.05, 0.1) is 25.3 Å². The summed E-state index contributed by atoms with van der Waals surface area (Å²) in [5, 5.41) is 0. The predicted molar refractivity (Wildman–Crippen MR) is 101 cm³/mol. The first-order chi connectivity index (χ1) is 13.5. The number of carbonyl (C=O) groups is 1. The van der Waals surface area contributed by atoms with Gasteiger partial charge in [-0.1, -0.05) is 0 Å². The number of fused-ring (bicyclic) bond motifs is 2. The minimum Gasteiger partial charge on any atom is -0.493 e. The molecule has 28 heavy (non-hydrogen) atoms. The quantitative estimate of drug-likeness (QED) is 0.746. The number of aromatic nitrogens is 2. The van der Waals surface area contributed by atoms with Gasteiger partial charge in [-0.2, -0.15) is 0 Å². The Hall–Kier alpha value is -3.29. The lowest BCUT2D eigenvalue weighted by Crippen LogP contribution is -2.39. The third-order valence-electron chi connectivity index (χ3n) is 5.10. The van der Waals surface area contributed by atoms with Crippen molar-refractivity contribution in [3.8, 4) is 11.5 Å². The SMILES string of the molecule is COc1cc2c(cc1OC)CN(C(=O)Cn1c(=O)[nH]c3cc(F)ccc31)CC2. The number of hydrogen-bond donors (Lipinski definition) is 1. The summed E-state index contributed by atoms with van der Waals surface area (Å²) in [7, 11) is 3.16. The maximum atomic E-state index is 13.4. The van der Waals surface area contributed by atoms with E-state index < -0.39 is 11.5 Å². The molecule has 2 heterocycles. The van der Waals surface area contributed by atoms with Crippen molar-refractivity contribution < 1.29 is 18.7 Å². The minimum atomic E-state index is -0.441. The summed E-state index contributed by atoms with van der Waals surface area (Å²) in [5.74, 6) is 0.668. The van der Waals surface area contributed by atoms with Gasteiger partial charge < -0.3 is 19.4 Å². The first-order valence-corrected chi connectivity index (χ1v) is 8.89. The summed E-state index contributed by atoms with van der Waals surface area (Å²) in [4.78, 5) is 29.3. The molecule has 1 aromatic heterocycles. The molecule has 1 amide bonds. The first kappa shape index (κ1) is 18.1. The Morgan fingerprint density at radius 1 is 1.14 bits per heavy atom. The van der Waals surface area contributed by atoms with Crippen LogP contribution in [0.2, 0.25) is 0 Å². The fourth-order valence-electron chi connectivity index (χ4n) is 3.62. The Bertz CT molecular complexity index is 1120. The molecule has 0 saturated carbocycles. The summed E-state index contributed by atoms with van der Waals surface area (Å²) in [5.41, 5.74) is 2.55. The highest BCUT2D eigenvalue weighted by molar-refractivity contribution is 5.81. The molecule has 3 aromatic rings. The average Bonchev–Trinajstić information content (AvgIpc) is 3.00. The standard InChI is InChI=1S/C20H20FN3O4/c1-27-17-7-12-5-6-23(10-13(12)8-18(17)28-2)19(25)11-24-16-4-3-14(21)9-15(16)22-20(24)26/h3-4,7-9H,5-6,10-11H2,1-2H3,(H,22,26). The lowest BCUT2D eigenvalue weighted by molar-refractivity contribution is -0.132. The highest BCUT2D eigenvalue weighted by Gasteiger charge is 2.24. The average molecular weight is 385 g/mol. The topological polar surface area (TPSA) is 76.6 Å². The molecule has 0 radical (unpaired) electrons. The van der Waals surface area contributed by atoms with Crippen LogP contribution in [0.4, 0.5) is 4.39 Å². The largest absolute Gasteiger partial charge is 0.493 e. The molecule has 1 aliphatic rings. The number of nitrogens with zero attached hydrogens (tertiary/aromatic N) is 2. The zero-order valence-corrected chi connectivity index (χ0v) is 15.6. The van der Waals surface area contributed by atoms with E-state index in [1.165, 1.54) is 22.8 Å². The van der Waals surface area contributed by atoms with E-state index >= 15 is 0 Å². The van der Waals surface area contributed by atoms with Crippen molar-refractivity contribution >= 4 is 16.9 Å². The number of imidazole rings is 1. The van der Waals surface area contributed by atoms with Gasteiger partial charge in [0.2, 0.25) is 5.91 Å². The van der Waals surface area contributed by atoms with Crippen molar-refractivity contribution in [1.29, 1.82) is 0 Å². The number of carbonyl (C=O) groups excluding carboxylic acids is 1. The molecule has 0 unspecified atom stereocenters. The number of rotatable bonds is 4. The van der Waals surface area contributed by atoms with Crippen molar-refractivity contribution in [2.24, 2.45) is 0 Å². The second-order valence-electron chi connectivity index (χ2n) is 6.72. The maximum Gasteiger partial charge on any atom is 0.326 e. The number of amides is 1. The normalized spacial score (nSPS) is 13.5. The van der Waals surface area contributed by atoms with Crippen LogP contribution in [0.3, 0.4) is 0 Å². The first-order valence-electron chi connectivity index (χ1n) is 8.89. The van der Waals surface area contributed by atoms with Crippen molar-refractivity contribution in [2.45, 2.75) is 19.5 Å². The van der Waals surface area contributed by atoms with Crippen LogP contribution in [-0.2, 0) is 24.3 Å². The molecular formula is C20H20FN3O4. The van der Waals surface area contributed by atoms with Gasteiger partial charge in [-0.25, -0.2) is 9.18 Å². The summed E-state index contributed by atoms with van der Waals surface area (Å²) in [6, 6.07) is 7.84. The van der Waals surface area contributed by atoms with Crippen LogP contribution < -0.4 is 15.2 Å². The molecule has 0 saturated heterocycles. The van der Waals surface area contributed by atoms with E-state index in [2.05, 4.69) is 4.98 Å². The Balaban J connectivity index is 1.58. The van der Waals surface area contributed by atoms with Crippen molar-refractivity contribution in [1.82, 2.24) is 14.5 Å². The molecule has 0 bridgehead atoms. The number of ether oxygens (including phenoxy) is 2. The van der Waals surface area contributed by atoms with Crippen molar-refractivity contribution in [3.05, 3.63) is 57.8 Å². The van der Waals surface area contributed by atoms with Gasteiger partial charge >= 0.3 is 5.69 Å². The van der Waals surface area contributed by atoms with Gasteiger partial charge in [0.25, 0.3) is 0 Å². The monoisotopic (exact) mass is 385 g/mol. The van der Waals surface area contributed by atoms with E-state index in [0.29, 0.717) is 42.0 Å². The Kier molecular flexibility index (Phi) is 4.54. The summed E-state index contributed by atoms with van der Waals surface area (Å²) in [6.45, 7) is 0.875. The van der Waals surface area contributed by atoms with Crippen LogP contribution in [0, 0.1) is 5.82 Å². The van der Waals surface area contributed by atoms with Gasteiger partial charge in [-0.15, -0.1) is 0 Å². The van der Waals surface area contributed by atoms with E-state index in [4.69, 9.17) is 9.47 Å². The summed E-state index contributed by atoms with van der Waals surface area (Å²) >= 11 is 0. The molecule has 1 aliphatic heterocycles. The highest BCUT2D eigenvalue weighted by Crippen LogP contribution is 2.33. The highest BCUT2D eigenvalue weighted by atomic mass is 19.1. The number of halogens is 1. The molecule has 0 aliphatic carbocycles. The lowest BCUT2D eigenvalue weighted by Gasteiger charge is -2.29. The summed E-state index contributed by atoms with van der Waals surface area (Å²) in [6.07, 6.45) is 0.690. The van der Waals surface area contributed by atoms with E-state index in [1.54, 1.807) is 19.1 Å². The number of H-pyrrole nitrogens is 1. The second kappa shape index (κ2) is 7.03. The molecule has 0 fully saturated rings. The second-order valence-corrected chi connectivity index (χ2v) is 6.72. The van der Waals surface area contributed by atoms with Gasteiger partial charge in [0.1, 0.15) is 12.4 Å². The number of methoxy groups -OCH3 is 2. The van der Waals surface area contributed by atoms with Gasteiger partial charge in [0, 0.05) is 13.1 Å². The Labute approximate surface area is 160 Å². The molecule has 4 rings (SSSR count). The third kappa shape index (κ3) is 3.11. The van der Waals surface area contributed by atoms with Crippen molar-refractivity contribution in [3.63, 3.8) is 0 Å². The van der Waals surface area contributed by atoms with Crippen LogP contribution in [0.25, 0.3) is 11.0 Å². The molecule has 1 N–H and O–H groups in total. The third-order valence-corrected chi connectivity index (χ3v) is 5.10. The van der Waals surface area contributed by atoms with Crippen LogP contribution in [0.15, 0.2) is 35.1 Å². The van der Waals surface area contributed by atoms with Gasteiger partial charge in [0.15, 0.2) is 11.5 Å². The number of hydrogen-bond acceptors (Lipinski definition) is 4. The lowest BCUT2D eigenvalue weighted by atomic mass is 9.98. The smallest absolute Gasteiger partial charge is 0.326 e. The fourth-order valence-corrected chi connectivity index (χ4v) is 3.62. The molecule has 7 nitrogen and oxygen atoms in total. The Morgan fingerprint density at radius 3 is 2.57 bits per heavy atom. The van der Waals surface area contributed by atoms with E-state index in [1.807, 2.05) is 12.1 Å². The number of aromatic amines is 1. The van der Waals surface area contributed by atoms with Crippen LogP contribution in [0.5, 0.6) is 11.5 Å². The van der Waals surface area contributed by atoms with E-state index in [-0.39, 0.29) is 12.5 Å². The number of nitrogens with one attached hydrogen (secondary N) is 1. The van der Waals surface area contributed by atoms with Gasteiger partial charge in [-0.05, 0) is 47.9 Å². The molecule has 2 aromatic carbocycles. The molecule has 0 spiro atoms. The van der Waals surface area contributed by atoms with Gasteiger partial charge in [-0.3, -0.25) is 9.36 Å².